The molecule has 2 heteroatoms. The largest absolute Gasteiger partial charge is 0.312 e. The molecule has 0 amide bonds. The predicted molar refractivity (Wildman–Crippen MR) is 74.3 cm³/mol. The minimum absolute atomic E-state index is 0.778. The standard InChI is InChI=1S/C15H30N2/c1-3-10-16-14-6-5-7-15(14)17(11-4-2)12-13-8-9-13/h13-16H,3-12H2,1-2H3. The molecule has 2 aliphatic carbocycles. The molecule has 2 atom stereocenters. The summed E-state index contributed by atoms with van der Waals surface area (Å²) in [5.74, 6) is 1.04. The Hall–Kier alpha value is -0.0800. The first-order valence-electron chi connectivity index (χ1n) is 7.82. The predicted octanol–water partition coefficient (Wildman–Crippen LogP) is 3.03. The monoisotopic (exact) mass is 238 g/mol. The molecule has 0 aliphatic heterocycles. The molecule has 0 saturated heterocycles. The summed E-state index contributed by atoms with van der Waals surface area (Å²) < 4.78 is 0. The van der Waals surface area contributed by atoms with Crippen LogP contribution >= 0.6 is 0 Å². The zero-order chi connectivity index (χ0) is 12.1. The fraction of sp³-hybridized carbons (Fsp3) is 1.00. The SMILES string of the molecule is CCCNC1CCCC1N(CCC)CC1CC1. The Bertz CT molecular complexity index is 213. The van der Waals surface area contributed by atoms with Gasteiger partial charge in [-0.1, -0.05) is 20.3 Å². The van der Waals surface area contributed by atoms with Gasteiger partial charge in [-0.3, -0.25) is 4.90 Å². The lowest BCUT2D eigenvalue weighted by molar-refractivity contribution is 0.165. The molecule has 2 aliphatic rings. The normalized spacial score (nSPS) is 29.1. The van der Waals surface area contributed by atoms with E-state index in [4.69, 9.17) is 0 Å². The second kappa shape index (κ2) is 6.75. The van der Waals surface area contributed by atoms with E-state index in [1.54, 1.807) is 0 Å². The summed E-state index contributed by atoms with van der Waals surface area (Å²) in [4.78, 5) is 2.80. The van der Waals surface area contributed by atoms with Gasteiger partial charge in [0.05, 0.1) is 0 Å². The third-order valence-electron chi connectivity index (χ3n) is 4.31. The first-order valence-corrected chi connectivity index (χ1v) is 7.82. The second-order valence-electron chi connectivity index (χ2n) is 6.00. The van der Waals surface area contributed by atoms with E-state index < -0.39 is 0 Å². The van der Waals surface area contributed by atoms with Crippen molar-refractivity contribution in [1.82, 2.24) is 10.2 Å². The van der Waals surface area contributed by atoms with Crippen LogP contribution in [0.4, 0.5) is 0 Å². The molecule has 0 aromatic carbocycles. The van der Waals surface area contributed by atoms with Crippen LogP contribution in [-0.2, 0) is 0 Å². The van der Waals surface area contributed by atoms with Gasteiger partial charge in [0.25, 0.3) is 0 Å². The molecule has 1 N–H and O–H groups in total. The fourth-order valence-corrected chi connectivity index (χ4v) is 3.26. The molecule has 2 unspecified atom stereocenters. The minimum Gasteiger partial charge on any atom is -0.312 e. The van der Waals surface area contributed by atoms with Gasteiger partial charge in [0.15, 0.2) is 0 Å². The first kappa shape index (κ1) is 13.4. The van der Waals surface area contributed by atoms with Crippen LogP contribution < -0.4 is 5.32 Å². The van der Waals surface area contributed by atoms with Crippen LogP contribution in [0.1, 0.15) is 58.8 Å². The topological polar surface area (TPSA) is 15.3 Å². The molecule has 0 radical (unpaired) electrons. The van der Waals surface area contributed by atoms with Gasteiger partial charge in [-0.2, -0.15) is 0 Å². The summed E-state index contributed by atoms with van der Waals surface area (Å²) in [5.41, 5.74) is 0. The Morgan fingerprint density at radius 1 is 1.06 bits per heavy atom. The fourth-order valence-electron chi connectivity index (χ4n) is 3.26. The minimum atomic E-state index is 0.778. The number of nitrogens with zero attached hydrogens (tertiary/aromatic N) is 1. The highest BCUT2D eigenvalue weighted by Gasteiger charge is 2.34. The summed E-state index contributed by atoms with van der Waals surface area (Å²) in [6.45, 7) is 8.48. The van der Waals surface area contributed by atoms with Crippen molar-refractivity contribution in [3.05, 3.63) is 0 Å². The average Bonchev–Trinajstić information content (AvgIpc) is 3.03. The lowest BCUT2D eigenvalue weighted by Crippen LogP contribution is -2.48. The summed E-state index contributed by atoms with van der Waals surface area (Å²) in [7, 11) is 0. The highest BCUT2D eigenvalue weighted by Crippen LogP contribution is 2.33. The van der Waals surface area contributed by atoms with Gasteiger partial charge >= 0.3 is 0 Å². The van der Waals surface area contributed by atoms with Crippen molar-refractivity contribution < 1.29 is 0 Å². The Labute approximate surface area is 107 Å². The number of hydrogen-bond donors (Lipinski definition) is 1. The first-order chi connectivity index (χ1) is 8.35. The molecule has 2 fully saturated rings. The smallest absolute Gasteiger partial charge is 0.0249 e. The molecular formula is C15H30N2. The maximum Gasteiger partial charge on any atom is 0.0249 e. The Morgan fingerprint density at radius 2 is 1.88 bits per heavy atom. The second-order valence-corrected chi connectivity index (χ2v) is 6.00. The third-order valence-corrected chi connectivity index (χ3v) is 4.31. The van der Waals surface area contributed by atoms with Crippen molar-refractivity contribution in [2.45, 2.75) is 70.9 Å². The third kappa shape index (κ3) is 3.96. The van der Waals surface area contributed by atoms with E-state index in [-0.39, 0.29) is 0 Å². The van der Waals surface area contributed by atoms with Crippen LogP contribution in [-0.4, -0.2) is 36.6 Å². The molecule has 2 saturated carbocycles. The molecule has 0 heterocycles. The number of nitrogens with one attached hydrogen (secondary N) is 1. The average molecular weight is 238 g/mol. The highest BCUT2D eigenvalue weighted by atomic mass is 15.2. The molecule has 0 aromatic heterocycles. The van der Waals surface area contributed by atoms with E-state index in [9.17, 15) is 0 Å². The van der Waals surface area contributed by atoms with Crippen LogP contribution in [0, 0.1) is 5.92 Å². The molecule has 0 spiro atoms. The maximum atomic E-state index is 3.77. The van der Waals surface area contributed by atoms with Crippen molar-refractivity contribution >= 4 is 0 Å². The van der Waals surface area contributed by atoms with Gasteiger partial charge in [-0.15, -0.1) is 0 Å². The lowest BCUT2D eigenvalue weighted by Gasteiger charge is -2.33. The zero-order valence-electron chi connectivity index (χ0n) is 11.8. The molecule has 17 heavy (non-hydrogen) atoms. The Morgan fingerprint density at radius 3 is 2.53 bits per heavy atom. The van der Waals surface area contributed by atoms with E-state index >= 15 is 0 Å². The van der Waals surface area contributed by atoms with E-state index in [1.807, 2.05) is 0 Å². The summed E-state index contributed by atoms with van der Waals surface area (Å²) in [6.07, 6.45) is 9.80. The van der Waals surface area contributed by atoms with Crippen molar-refractivity contribution in [2.75, 3.05) is 19.6 Å². The maximum absolute atomic E-state index is 3.77. The van der Waals surface area contributed by atoms with Crippen molar-refractivity contribution in [3.63, 3.8) is 0 Å². The highest BCUT2D eigenvalue weighted by molar-refractivity contribution is 4.92. The van der Waals surface area contributed by atoms with Crippen LogP contribution in [0.3, 0.4) is 0 Å². The van der Waals surface area contributed by atoms with Crippen LogP contribution in [0.5, 0.6) is 0 Å². The Balaban J connectivity index is 1.85. The summed E-state index contributed by atoms with van der Waals surface area (Å²) in [5, 5.41) is 3.77. The summed E-state index contributed by atoms with van der Waals surface area (Å²) in [6, 6.07) is 1.61. The lowest BCUT2D eigenvalue weighted by atomic mass is 10.1. The number of hydrogen-bond acceptors (Lipinski definition) is 2. The van der Waals surface area contributed by atoms with Crippen LogP contribution in [0.2, 0.25) is 0 Å². The summed E-state index contributed by atoms with van der Waals surface area (Å²) >= 11 is 0. The van der Waals surface area contributed by atoms with Gasteiger partial charge in [0.1, 0.15) is 0 Å². The van der Waals surface area contributed by atoms with Gasteiger partial charge in [-0.05, 0) is 57.5 Å². The van der Waals surface area contributed by atoms with Crippen molar-refractivity contribution in [2.24, 2.45) is 5.92 Å². The van der Waals surface area contributed by atoms with Crippen molar-refractivity contribution in [1.29, 1.82) is 0 Å². The van der Waals surface area contributed by atoms with E-state index in [0.29, 0.717) is 0 Å². The molecule has 2 rings (SSSR count). The molecular weight excluding hydrogens is 208 g/mol. The van der Waals surface area contributed by atoms with E-state index in [0.717, 1.165) is 18.0 Å². The quantitative estimate of drug-likeness (QED) is 0.699. The zero-order valence-corrected chi connectivity index (χ0v) is 11.8. The van der Waals surface area contributed by atoms with E-state index in [1.165, 1.54) is 64.6 Å². The van der Waals surface area contributed by atoms with Gasteiger partial charge < -0.3 is 5.32 Å². The molecule has 0 aromatic rings. The molecule has 2 nitrogen and oxygen atoms in total. The van der Waals surface area contributed by atoms with Crippen LogP contribution in [0.25, 0.3) is 0 Å². The molecule has 100 valence electrons. The van der Waals surface area contributed by atoms with Gasteiger partial charge in [-0.25, -0.2) is 0 Å². The van der Waals surface area contributed by atoms with Crippen molar-refractivity contribution in [3.8, 4) is 0 Å². The Kier molecular flexibility index (Phi) is 5.30. The van der Waals surface area contributed by atoms with E-state index in [2.05, 4.69) is 24.1 Å². The van der Waals surface area contributed by atoms with Gasteiger partial charge in [0, 0.05) is 18.6 Å². The molecule has 0 bridgehead atoms. The van der Waals surface area contributed by atoms with Gasteiger partial charge in [0.2, 0.25) is 0 Å². The number of rotatable bonds is 8. The van der Waals surface area contributed by atoms with Crippen LogP contribution in [0.15, 0.2) is 0 Å².